The number of nitrogens with two attached hydrogens (primary N) is 1. The van der Waals surface area contributed by atoms with Crippen molar-refractivity contribution in [2.45, 2.75) is 25.8 Å². The highest BCUT2D eigenvalue weighted by Gasteiger charge is 2.28. The number of carbonyl (C=O) groups is 2. The maximum absolute atomic E-state index is 12.4. The summed E-state index contributed by atoms with van der Waals surface area (Å²) in [5, 5.41) is 2.87. The van der Waals surface area contributed by atoms with Crippen LogP contribution in [0.15, 0.2) is 23.0 Å². The van der Waals surface area contributed by atoms with Gasteiger partial charge in [-0.05, 0) is 51.1 Å². The number of H-pyrrole nitrogens is 2. The quantitative estimate of drug-likeness (QED) is 0.646. The fraction of sp³-hybridized carbons (Fsp3) is 0.438. The van der Waals surface area contributed by atoms with Gasteiger partial charge in [-0.2, -0.15) is 0 Å². The molecule has 2 aromatic rings. The number of aromatic nitrogens is 2. The van der Waals surface area contributed by atoms with Gasteiger partial charge in [-0.3, -0.25) is 14.5 Å². The minimum Gasteiger partial charge on any atom is -0.369 e. The molecule has 128 valence electrons. The molecule has 1 fully saturated rings. The monoisotopic (exact) mass is 331 g/mol. The third-order valence-corrected chi connectivity index (χ3v) is 4.64. The lowest BCUT2D eigenvalue weighted by Crippen LogP contribution is -2.47. The molecule has 0 bridgehead atoms. The SMILES string of the molecule is CC(C(=O)Nc1ccc2[nH]c(=O)[nH]c2c1)N1CCC(C(N)=O)CC1. The Morgan fingerprint density at radius 1 is 1.25 bits per heavy atom. The number of fused-ring (bicyclic) bond motifs is 1. The Bertz CT molecular complexity index is 816. The van der Waals surface area contributed by atoms with Crippen LogP contribution in [0, 0.1) is 5.92 Å². The van der Waals surface area contributed by atoms with Crippen molar-refractivity contribution in [3.63, 3.8) is 0 Å². The molecule has 0 saturated carbocycles. The number of rotatable bonds is 4. The van der Waals surface area contributed by atoms with Crippen LogP contribution < -0.4 is 16.7 Å². The Hall–Kier alpha value is -2.61. The molecule has 1 aliphatic rings. The molecule has 0 aliphatic carbocycles. The van der Waals surface area contributed by atoms with Crippen LogP contribution in [0.5, 0.6) is 0 Å². The molecular formula is C16H21N5O3. The second-order valence-electron chi connectivity index (χ2n) is 6.22. The topological polar surface area (TPSA) is 124 Å². The average Bonchev–Trinajstić information content (AvgIpc) is 2.93. The van der Waals surface area contributed by atoms with Gasteiger partial charge >= 0.3 is 5.69 Å². The highest BCUT2D eigenvalue weighted by atomic mass is 16.2. The molecule has 1 aliphatic heterocycles. The van der Waals surface area contributed by atoms with E-state index in [4.69, 9.17) is 5.73 Å². The van der Waals surface area contributed by atoms with E-state index < -0.39 is 0 Å². The van der Waals surface area contributed by atoms with Crippen molar-refractivity contribution in [3.8, 4) is 0 Å². The number of nitrogens with one attached hydrogen (secondary N) is 3. The summed E-state index contributed by atoms with van der Waals surface area (Å²) in [5.74, 6) is -0.477. The van der Waals surface area contributed by atoms with E-state index in [-0.39, 0.29) is 29.5 Å². The smallest absolute Gasteiger partial charge is 0.323 e. The second kappa shape index (κ2) is 6.48. The zero-order valence-electron chi connectivity index (χ0n) is 13.5. The number of anilines is 1. The fourth-order valence-corrected chi connectivity index (χ4v) is 3.09. The number of imidazole rings is 1. The lowest BCUT2D eigenvalue weighted by atomic mass is 9.95. The minimum atomic E-state index is -0.306. The van der Waals surface area contributed by atoms with E-state index in [1.165, 1.54) is 0 Å². The van der Waals surface area contributed by atoms with Crippen LogP contribution >= 0.6 is 0 Å². The van der Waals surface area contributed by atoms with Gasteiger partial charge in [-0.15, -0.1) is 0 Å². The minimum absolute atomic E-state index is 0.0932. The summed E-state index contributed by atoms with van der Waals surface area (Å²) in [4.78, 5) is 42.3. The number of aromatic amines is 2. The first kappa shape index (κ1) is 16.3. The normalized spacial score (nSPS) is 17.7. The van der Waals surface area contributed by atoms with Crippen LogP contribution in [0.3, 0.4) is 0 Å². The summed E-state index contributed by atoms with van der Waals surface area (Å²) in [6, 6.07) is 4.90. The van der Waals surface area contributed by atoms with Crippen LogP contribution in [0.25, 0.3) is 11.0 Å². The first-order valence-corrected chi connectivity index (χ1v) is 8.00. The number of piperidine rings is 1. The molecule has 2 heterocycles. The molecule has 2 amide bonds. The molecule has 8 heteroatoms. The first-order chi connectivity index (χ1) is 11.4. The van der Waals surface area contributed by atoms with Crippen LogP contribution in [0.4, 0.5) is 5.69 Å². The van der Waals surface area contributed by atoms with E-state index in [9.17, 15) is 14.4 Å². The number of hydrogen-bond acceptors (Lipinski definition) is 4. The summed E-state index contributed by atoms with van der Waals surface area (Å²) >= 11 is 0. The Morgan fingerprint density at radius 3 is 2.58 bits per heavy atom. The van der Waals surface area contributed by atoms with Gasteiger partial charge in [0.2, 0.25) is 11.8 Å². The van der Waals surface area contributed by atoms with Crippen LogP contribution in [0.2, 0.25) is 0 Å². The Morgan fingerprint density at radius 2 is 1.92 bits per heavy atom. The number of carbonyl (C=O) groups excluding carboxylic acids is 2. The second-order valence-corrected chi connectivity index (χ2v) is 6.22. The van der Waals surface area contributed by atoms with Gasteiger partial charge in [-0.1, -0.05) is 0 Å². The molecule has 5 N–H and O–H groups in total. The molecule has 24 heavy (non-hydrogen) atoms. The Kier molecular flexibility index (Phi) is 4.39. The van der Waals surface area contributed by atoms with Gasteiger partial charge in [-0.25, -0.2) is 4.79 Å². The van der Waals surface area contributed by atoms with Gasteiger partial charge in [0.25, 0.3) is 0 Å². The number of likely N-dealkylation sites (tertiary alicyclic amines) is 1. The van der Waals surface area contributed by atoms with E-state index in [0.717, 1.165) is 0 Å². The molecule has 1 aromatic carbocycles. The predicted octanol–water partition coefficient (Wildman–Crippen LogP) is 0.381. The van der Waals surface area contributed by atoms with E-state index in [2.05, 4.69) is 15.3 Å². The van der Waals surface area contributed by atoms with Crippen LogP contribution in [-0.4, -0.2) is 45.8 Å². The number of nitrogens with zero attached hydrogens (tertiary/aromatic N) is 1. The lowest BCUT2D eigenvalue weighted by Gasteiger charge is -2.34. The highest BCUT2D eigenvalue weighted by molar-refractivity contribution is 5.96. The van der Waals surface area contributed by atoms with E-state index >= 15 is 0 Å². The van der Waals surface area contributed by atoms with Crippen molar-refractivity contribution >= 4 is 28.5 Å². The summed E-state index contributed by atoms with van der Waals surface area (Å²) in [6.07, 6.45) is 1.37. The standard InChI is InChI=1S/C16H21N5O3/c1-9(21-6-4-10(5-7-21)14(17)22)15(23)18-11-2-3-12-13(8-11)20-16(24)19-12/h2-3,8-10H,4-7H2,1H3,(H2,17,22)(H,18,23)(H2,19,20,24). The maximum atomic E-state index is 12.4. The van der Waals surface area contributed by atoms with Gasteiger partial charge in [0, 0.05) is 11.6 Å². The lowest BCUT2D eigenvalue weighted by molar-refractivity contribution is -0.124. The number of amides is 2. The molecule has 3 rings (SSSR count). The molecule has 8 nitrogen and oxygen atoms in total. The van der Waals surface area contributed by atoms with Crippen molar-refractivity contribution in [1.29, 1.82) is 0 Å². The summed E-state index contributed by atoms with van der Waals surface area (Å²) in [5.41, 5.74) is 7.02. The molecule has 1 unspecified atom stereocenters. The van der Waals surface area contributed by atoms with Crippen molar-refractivity contribution in [3.05, 3.63) is 28.7 Å². The van der Waals surface area contributed by atoms with Crippen molar-refractivity contribution in [2.75, 3.05) is 18.4 Å². The number of benzene rings is 1. The largest absolute Gasteiger partial charge is 0.369 e. The molecule has 0 radical (unpaired) electrons. The van der Waals surface area contributed by atoms with Crippen LogP contribution in [-0.2, 0) is 9.59 Å². The molecule has 1 atom stereocenters. The van der Waals surface area contributed by atoms with Gasteiger partial charge in [0.1, 0.15) is 0 Å². The van der Waals surface area contributed by atoms with Gasteiger partial charge in [0.05, 0.1) is 17.1 Å². The number of hydrogen-bond donors (Lipinski definition) is 4. The van der Waals surface area contributed by atoms with Gasteiger partial charge in [0.15, 0.2) is 0 Å². The van der Waals surface area contributed by atoms with Crippen LogP contribution in [0.1, 0.15) is 19.8 Å². The summed E-state index contributed by atoms with van der Waals surface area (Å²) in [7, 11) is 0. The Balaban J connectivity index is 1.63. The first-order valence-electron chi connectivity index (χ1n) is 8.00. The molecule has 0 spiro atoms. The molecule has 1 aromatic heterocycles. The average molecular weight is 331 g/mol. The van der Waals surface area contributed by atoms with E-state index in [1.807, 2.05) is 11.8 Å². The van der Waals surface area contributed by atoms with Crippen molar-refractivity contribution in [1.82, 2.24) is 14.9 Å². The number of primary amides is 1. The summed E-state index contributed by atoms with van der Waals surface area (Å²) < 4.78 is 0. The zero-order valence-corrected chi connectivity index (χ0v) is 13.5. The van der Waals surface area contributed by atoms with E-state index in [1.54, 1.807) is 18.2 Å². The summed E-state index contributed by atoms with van der Waals surface area (Å²) in [6.45, 7) is 3.19. The van der Waals surface area contributed by atoms with E-state index in [0.29, 0.717) is 42.7 Å². The molecule has 1 saturated heterocycles. The highest BCUT2D eigenvalue weighted by Crippen LogP contribution is 2.20. The fourth-order valence-electron chi connectivity index (χ4n) is 3.09. The Labute approximate surface area is 138 Å². The maximum Gasteiger partial charge on any atom is 0.323 e. The van der Waals surface area contributed by atoms with Crippen molar-refractivity contribution in [2.24, 2.45) is 11.7 Å². The third-order valence-electron chi connectivity index (χ3n) is 4.64. The predicted molar refractivity (Wildman–Crippen MR) is 90.5 cm³/mol. The molecular weight excluding hydrogens is 310 g/mol. The van der Waals surface area contributed by atoms with Crippen molar-refractivity contribution < 1.29 is 9.59 Å². The third kappa shape index (κ3) is 3.33. The zero-order chi connectivity index (χ0) is 17.3. The van der Waals surface area contributed by atoms with Gasteiger partial charge < -0.3 is 21.0 Å².